The van der Waals surface area contributed by atoms with Gasteiger partial charge in [-0.05, 0) is 73.5 Å². The summed E-state index contributed by atoms with van der Waals surface area (Å²) in [6, 6.07) is 24.1. The van der Waals surface area contributed by atoms with Crippen molar-refractivity contribution in [3.05, 3.63) is 113 Å². The van der Waals surface area contributed by atoms with E-state index in [1.807, 2.05) is 30.3 Å². The normalized spacial score (nSPS) is 11.0. The van der Waals surface area contributed by atoms with E-state index in [4.69, 9.17) is 9.15 Å². The second-order valence-electron chi connectivity index (χ2n) is 10.5. The van der Waals surface area contributed by atoms with Crippen LogP contribution in [0.25, 0.3) is 33.4 Å². The maximum atomic E-state index is 13.7. The number of methoxy groups -OCH3 is 1. The van der Waals surface area contributed by atoms with Gasteiger partial charge in [0.25, 0.3) is 5.91 Å². The fourth-order valence-corrected chi connectivity index (χ4v) is 5.54. The number of amides is 1. The van der Waals surface area contributed by atoms with Crippen LogP contribution in [-0.4, -0.2) is 37.9 Å². The number of benzene rings is 4. The van der Waals surface area contributed by atoms with E-state index in [0.717, 1.165) is 29.9 Å². The fraction of sp³-hybridized carbons (Fsp3) is 0.216. The fourth-order valence-electron chi connectivity index (χ4n) is 5.54. The lowest BCUT2D eigenvalue weighted by atomic mass is 9.95. The summed E-state index contributed by atoms with van der Waals surface area (Å²) in [7, 11) is 1.32. The molecule has 0 aliphatic heterocycles. The Balaban J connectivity index is 1.59. The molecule has 5 rings (SSSR count). The summed E-state index contributed by atoms with van der Waals surface area (Å²) in [4.78, 5) is 41.0. The lowest BCUT2D eigenvalue weighted by molar-refractivity contribution is 0.0598. The van der Waals surface area contributed by atoms with Crippen LogP contribution >= 0.6 is 0 Å². The van der Waals surface area contributed by atoms with Crippen LogP contribution in [0.1, 0.15) is 63.8 Å². The first-order valence-corrected chi connectivity index (χ1v) is 15.0. The van der Waals surface area contributed by atoms with Gasteiger partial charge < -0.3 is 19.4 Å². The lowest BCUT2D eigenvalue weighted by Crippen LogP contribution is -2.24. The third-order valence-corrected chi connectivity index (χ3v) is 7.91. The Morgan fingerprint density at radius 1 is 0.867 bits per heavy atom. The number of ether oxygens (including phenoxy) is 1. The Labute approximate surface area is 261 Å². The molecule has 0 unspecified atom stereocenters. The highest BCUT2D eigenvalue weighted by Crippen LogP contribution is 2.41. The number of Topliss-reactive ketones (excluding diaryl/α,β-unsaturated/α-hetero) is 1. The van der Waals surface area contributed by atoms with E-state index < -0.39 is 5.97 Å². The van der Waals surface area contributed by atoms with E-state index >= 15 is 0 Å². The van der Waals surface area contributed by atoms with Crippen LogP contribution in [0.5, 0.6) is 0 Å². The molecule has 0 fully saturated rings. The van der Waals surface area contributed by atoms with Crippen molar-refractivity contribution in [2.75, 3.05) is 25.1 Å². The number of hydrogen-bond donors (Lipinski definition) is 1. The molecule has 0 aliphatic rings. The number of hydrogen-bond acceptors (Lipinski definition) is 6. The van der Waals surface area contributed by atoms with Gasteiger partial charge >= 0.3 is 5.97 Å². The van der Waals surface area contributed by atoms with E-state index in [1.54, 1.807) is 49.4 Å². The first-order valence-electron chi connectivity index (χ1n) is 15.0. The number of rotatable bonds is 11. The minimum Gasteiger partial charge on any atom is -0.465 e. The molecule has 1 N–H and O–H groups in total. The van der Waals surface area contributed by atoms with Gasteiger partial charge in [0, 0.05) is 59.9 Å². The highest BCUT2D eigenvalue weighted by Gasteiger charge is 2.24. The number of carbonyl (C=O) groups excluding carboxylic acids is 3. The minimum atomic E-state index is -0.469. The Hall–Kier alpha value is -5.24. The van der Waals surface area contributed by atoms with Gasteiger partial charge in [-0.3, -0.25) is 9.59 Å². The van der Waals surface area contributed by atoms with Gasteiger partial charge in [-0.15, -0.1) is 0 Å². The van der Waals surface area contributed by atoms with Crippen LogP contribution in [0, 0.1) is 5.82 Å². The molecule has 0 saturated carbocycles. The SMILES string of the molecule is CCC(=O)c1c(-c2ccc(F)cc2)oc2cc(N(CC)CC)c(-c3cccc(C(=O)NCc4ccccc4C(=O)OC)c3)cc12. The maximum absolute atomic E-state index is 13.7. The Kier molecular flexibility index (Phi) is 9.42. The summed E-state index contributed by atoms with van der Waals surface area (Å²) in [5.41, 5.74) is 5.62. The van der Waals surface area contributed by atoms with Gasteiger partial charge in [0.2, 0.25) is 0 Å². The molecule has 0 spiro atoms. The minimum absolute atomic E-state index is 0.0880. The molecule has 1 amide bonds. The standard InChI is InChI=1S/C37H35FN2O5/c1-5-32(41)34-30-20-29(31(40(6-2)7-3)21-33(30)45-35(34)23-15-17-27(38)18-16-23)24-12-10-13-25(19-24)36(42)39-22-26-11-8-9-14-28(26)37(43)44-4/h8-21H,5-7,22H2,1-4H3,(H,39,42). The van der Waals surface area contributed by atoms with E-state index in [2.05, 4.69) is 24.1 Å². The number of fused-ring (bicyclic) bond motifs is 1. The zero-order chi connectivity index (χ0) is 32.1. The van der Waals surface area contributed by atoms with Crippen molar-refractivity contribution in [3.63, 3.8) is 0 Å². The summed E-state index contributed by atoms with van der Waals surface area (Å²) >= 11 is 0. The van der Waals surface area contributed by atoms with Gasteiger partial charge in [-0.1, -0.05) is 37.3 Å². The van der Waals surface area contributed by atoms with Crippen molar-refractivity contribution in [1.82, 2.24) is 5.32 Å². The van der Waals surface area contributed by atoms with Gasteiger partial charge in [-0.2, -0.15) is 0 Å². The van der Waals surface area contributed by atoms with Crippen LogP contribution < -0.4 is 10.2 Å². The van der Waals surface area contributed by atoms with Crippen LogP contribution in [-0.2, 0) is 11.3 Å². The van der Waals surface area contributed by atoms with E-state index in [9.17, 15) is 18.8 Å². The smallest absolute Gasteiger partial charge is 0.338 e. The number of nitrogens with zero attached hydrogens (tertiary/aromatic N) is 1. The molecule has 0 saturated heterocycles. The van der Waals surface area contributed by atoms with Gasteiger partial charge in [0.1, 0.15) is 17.2 Å². The summed E-state index contributed by atoms with van der Waals surface area (Å²) < 4.78 is 24.9. The van der Waals surface area contributed by atoms with E-state index in [0.29, 0.717) is 44.5 Å². The molecular formula is C37H35FN2O5. The number of nitrogens with one attached hydrogen (secondary N) is 1. The Morgan fingerprint density at radius 2 is 1.60 bits per heavy atom. The Bertz CT molecular complexity index is 1870. The molecule has 0 atom stereocenters. The molecule has 230 valence electrons. The largest absolute Gasteiger partial charge is 0.465 e. The molecule has 45 heavy (non-hydrogen) atoms. The number of ketones is 1. The molecule has 0 radical (unpaired) electrons. The predicted molar refractivity (Wildman–Crippen MR) is 174 cm³/mol. The van der Waals surface area contributed by atoms with Crippen LogP contribution in [0.2, 0.25) is 0 Å². The summed E-state index contributed by atoms with van der Waals surface area (Å²) in [5, 5.41) is 3.57. The molecule has 8 heteroatoms. The molecule has 1 heterocycles. The number of esters is 1. The number of carbonyl (C=O) groups is 3. The quantitative estimate of drug-likeness (QED) is 0.121. The van der Waals surface area contributed by atoms with E-state index in [-0.39, 0.29) is 30.5 Å². The predicted octanol–water partition coefficient (Wildman–Crippen LogP) is 8.06. The van der Waals surface area contributed by atoms with Crippen molar-refractivity contribution in [2.45, 2.75) is 33.7 Å². The molecule has 0 bridgehead atoms. The van der Waals surface area contributed by atoms with Crippen molar-refractivity contribution in [3.8, 4) is 22.5 Å². The number of furan rings is 1. The Morgan fingerprint density at radius 3 is 2.29 bits per heavy atom. The highest BCUT2D eigenvalue weighted by atomic mass is 19.1. The van der Waals surface area contributed by atoms with Crippen LogP contribution in [0.4, 0.5) is 10.1 Å². The molecule has 4 aromatic carbocycles. The van der Waals surface area contributed by atoms with Crippen molar-refractivity contribution in [2.24, 2.45) is 0 Å². The first kappa shape index (κ1) is 31.2. The third kappa shape index (κ3) is 6.36. The molecule has 5 aromatic rings. The first-order chi connectivity index (χ1) is 21.8. The number of anilines is 1. The maximum Gasteiger partial charge on any atom is 0.338 e. The molecule has 7 nitrogen and oxygen atoms in total. The topological polar surface area (TPSA) is 88.9 Å². The zero-order valence-electron chi connectivity index (χ0n) is 25.8. The highest BCUT2D eigenvalue weighted by molar-refractivity contribution is 6.13. The lowest BCUT2D eigenvalue weighted by Gasteiger charge is -2.24. The van der Waals surface area contributed by atoms with Crippen molar-refractivity contribution >= 4 is 34.3 Å². The van der Waals surface area contributed by atoms with Crippen LogP contribution in [0.15, 0.2) is 89.3 Å². The van der Waals surface area contributed by atoms with Gasteiger partial charge in [0.15, 0.2) is 5.78 Å². The van der Waals surface area contributed by atoms with Crippen molar-refractivity contribution in [1.29, 1.82) is 0 Å². The number of halogens is 1. The summed E-state index contributed by atoms with van der Waals surface area (Å²) in [6.45, 7) is 7.51. The second-order valence-corrected chi connectivity index (χ2v) is 10.5. The molecule has 1 aromatic heterocycles. The third-order valence-electron chi connectivity index (χ3n) is 7.91. The van der Waals surface area contributed by atoms with Gasteiger partial charge in [-0.25, -0.2) is 9.18 Å². The monoisotopic (exact) mass is 606 g/mol. The summed E-state index contributed by atoms with van der Waals surface area (Å²) in [6.07, 6.45) is 0.269. The average Bonchev–Trinajstić information content (AvgIpc) is 3.45. The average molecular weight is 607 g/mol. The molecular weight excluding hydrogens is 571 g/mol. The van der Waals surface area contributed by atoms with Crippen molar-refractivity contribution < 1.29 is 27.9 Å². The van der Waals surface area contributed by atoms with E-state index in [1.165, 1.54) is 19.2 Å². The van der Waals surface area contributed by atoms with Crippen LogP contribution in [0.3, 0.4) is 0 Å². The second kappa shape index (κ2) is 13.6. The zero-order valence-corrected chi connectivity index (χ0v) is 25.8. The molecule has 0 aliphatic carbocycles. The van der Waals surface area contributed by atoms with Gasteiger partial charge in [0.05, 0.1) is 18.2 Å². The summed E-state index contributed by atoms with van der Waals surface area (Å²) in [5.74, 6) is -0.828.